The van der Waals surface area contributed by atoms with Crippen LogP contribution in [-0.4, -0.2) is 40.4 Å². The summed E-state index contributed by atoms with van der Waals surface area (Å²) in [5.41, 5.74) is 8.42. The number of H-pyrrole nitrogens is 1. The molecule has 1 aromatic heterocycles. The van der Waals surface area contributed by atoms with Gasteiger partial charge in [0.25, 0.3) is 0 Å². The zero-order valence-electron chi connectivity index (χ0n) is 10.8. The summed E-state index contributed by atoms with van der Waals surface area (Å²) in [6.45, 7) is 2.65. The number of rotatable bonds is 2. The minimum absolute atomic E-state index is 0.632. The molecule has 3 rings (SSSR count). The van der Waals surface area contributed by atoms with E-state index < -0.39 is 0 Å². The molecule has 1 aromatic carbocycles. The molecule has 0 atom stereocenters. The Kier molecular flexibility index (Phi) is 3.64. The maximum atomic E-state index is 6.07. The van der Waals surface area contributed by atoms with Gasteiger partial charge < -0.3 is 15.6 Å². The van der Waals surface area contributed by atoms with Gasteiger partial charge >= 0.3 is 0 Å². The first-order chi connectivity index (χ1) is 9.34. The molecular formula is C14H18N4S. The fourth-order valence-electron chi connectivity index (χ4n) is 2.34. The topological polar surface area (TPSA) is 57.4 Å². The maximum absolute atomic E-state index is 6.07. The number of thioether (sulfide) groups is 1. The summed E-state index contributed by atoms with van der Waals surface area (Å²) >= 11 is 1.98. The third-order valence-electron chi connectivity index (χ3n) is 3.42. The van der Waals surface area contributed by atoms with Crippen molar-refractivity contribution in [3.8, 4) is 0 Å². The summed E-state index contributed by atoms with van der Waals surface area (Å²) in [6.07, 6.45) is 1.96. The highest BCUT2D eigenvalue weighted by Crippen LogP contribution is 2.17. The van der Waals surface area contributed by atoms with Gasteiger partial charge in [-0.1, -0.05) is 18.2 Å². The fraction of sp³-hybridized carbons (Fsp3) is 0.357. The summed E-state index contributed by atoms with van der Waals surface area (Å²) in [5, 5.41) is 1.22. The fourth-order valence-corrected chi connectivity index (χ4v) is 3.24. The SMILES string of the molecule is NC(=NCc1cccc2cc[nH]c12)N1CCSCC1. The molecule has 0 radical (unpaired) electrons. The van der Waals surface area contributed by atoms with Crippen molar-refractivity contribution in [1.82, 2.24) is 9.88 Å². The van der Waals surface area contributed by atoms with Crippen LogP contribution < -0.4 is 5.73 Å². The van der Waals surface area contributed by atoms with Gasteiger partial charge in [-0.2, -0.15) is 11.8 Å². The third-order valence-corrected chi connectivity index (χ3v) is 4.36. The lowest BCUT2D eigenvalue weighted by Crippen LogP contribution is -2.42. The van der Waals surface area contributed by atoms with Crippen LogP contribution in [0.5, 0.6) is 0 Å². The second kappa shape index (κ2) is 5.57. The second-order valence-electron chi connectivity index (χ2n) is 4.63. The van der Waals surface area contributed by atoms with E-state index in [0.717, 1.165) is 30.1 Å². The monoisotopic (exact) mass is 274 g/mol. The highest BCUT2D eigenvalue weighted by molar-refractivity contribution is 7.99. The second-order valence-corrected chi connectivity index (χ2v) is 5.86. The average molecular weight is 274 g/mol. The van der Waals surface area contributed by atoms with Gasteiger partial charge in [-0.05, 0) is 17.0 Å². The Labute approximate surface area is 117 Å². The molecule has 4 nitrogen and oxygen atoms in total. The number of aliphatic imine (C=N–C) groups is 1. The molecule has 19 heavy (non-hydrogen) atoms. The summed E-state index contributed by atoms with van der Waals surface area (Å²) in [7, 11) is 0. The van der Waals surface area contributed by atoms with E-state index in [2.05, 4.69) is 39.1 Å². The first-order valence-corrected chi connectivity index (χ1v) is 7.67. The normalized spacial score (nSPS) is 17.1. The highest BCUT2D eigenvalue weighted by Gasteiger charge is 2.12. The standard InChI is InChI=1S/C14H18N4S/c15-14(18-6-8-19-9-7-18)17-10-12-3-1-2-11-4-5-16-13(11)12/h1-5,16H,6-10H2,(H2,15,17). The van der Waals surface area contributed by atoms with Crippen molar-refractivity contribution >= 4 is 28.6 Å². The van der Waals surface area contributed by atoms with Crippen molar-refractivity contribution in [2.75, 3.05) is 24.6 Å². The number of guanidine groups is 1. The van der Waals surface area contributed by atoms with Crippen LogP contribution in [0.15, 0.2) is 35.5 Å². The number of benzene rings is 1. The molecule has 1 fully saturated rings. The number of aromatic amines is 1. The van der Waals surface area contributed by atoms with Gasteiger partial charge in [0.15, 0.2) is 5.96 Å². The predicted molar refractivity (Wildman–Crippen MR) is 82.5 cm³/mol. The number of hydrogen-bond acceptors (Lipinski definition) is 2. The molecule has 2 heterocycles. The van der Waals surface area contributed by atoms with Crippen molar-refractivity contribution in [2.24, 2.45) is 10.7 Å². The largest absolute Gasteiger partial charge is 0.370 e. The van der Waals surface area contributed by atoms with Gasteiger partial charge in [0.1, 0.15) is 0 Å². The van der Waals surface area contributed by atoms with E-state index in [1.54, 1.807) is 0 Å². The minimum Gasteiger partial charge on any atom is -0.370 e. The summed E-state index contributed by atoms with van der Waals surface area (Å²) in [4.78, 5) is 9.98. The Hall–Kier alpha value is -1.62. The third kappa shape index (κ3) is 2.71. The Morgan fingerprint density at radius 1 is 1.32 bits per heavy atom. The minimum atomic E-state index is 0.632. The lowest BCUT2D eigenvalue weighted by atomic mass is 10.1. The van der Waals surface area contributed by atoms with Crippen LogP contribution in [0, 0.1) is 0 Å². The number of aromatic nitrogens is 1. The Morgan fingerprint density at radius 3 is 3.00 bits per heavy atom. The van der Waals surface area contributed by atoms with Crippen molar-refractivity contribution in [1.29, 1.82) is 0 Å². The lowest BCUT2D eigenvalue weighted by molar-refractivity contribution is 0.455. The molecule has 1 aliphatic heterocycles. The Bertz CT molecular complexity index is 584. The molecule has 1 aliphatic rings. The quantitative estimate of drug-likeness (QED) is 0.651. The maximum Gasteiger partial charge on any atom is 0.191 e. The van der Waals surface area contributed by atoms with Crippen LogP contribution >= 0.6 is 11.8 Å². The molecule has 0 saturated carbocycles. The molecule has 0 aliphatic carbocycles. The van der Waals surface area contributed by atoms with Gasteiger partial charge in [-0.15, -0.1) is 0 Å². The number of nitrogens with two attached hydrogens (primary N) is 1. The van der Waals surface area contributed by atoms with Crippen molar-refractivity contribution < 1.29 is 0 Å². The van der Waals surface area contributed by atoms with E-state index in [1.807, 2.05) is 18.0 Å². The molecule has 0 amide bonds. The molecular weight excluding hydrogens is 256 g/mol. The van der Waals surface area contributed by atoms with Crippen molar-refractivity contribution in [3.05, 3.63) is 36.0 Å². The Balaban J connectivity index is 1.75. The van der Waals surface area contributed by atoms with Gasteiger partial charge in [0.05, 0.1) is 12.1 Å². The highest BCUT2D eigenvalue weighted by atomic mass is 32.2. The number of hydrogen-bond donors (Lipinski definition) is 2. The molecule has 100 valence electrons. The zero-order chi connectivity index (χ0) is 13.1. The Morgan fingerprint density at radius 2 is 2.16 bits per heavy atom. The lowest BCUT2D eigenvalue weighted by Gasteiger charge is -2.27. The first-order valence-electron chi connectivity index (χ1n) is 6.52. The predicted octanol–water partition coefficient (Wildman–Crippen LogP) is 2.03. The average Bonchev–Trinajstić information content (AvgIpc) is 2.94. The molecule has 1 saturated heterocycles. The van der Waals surface area contributed by atoms with E-state index in [-0.39, 0.29) is 0 Å². The number of para-hydroxylation sites is 1. The van der Waals surface area contributed by atoms with Gasteiger partial charge in [0.2, 0.25) is 0 Å². The first kappa shape index (κ1) is 12.4. The molecule has 5 heteroatoms. The van der Waals surface area contributed by atoms with Crippen LogP contribution in [-0.2, 0) is 6.54 Å². The molecule has 0 spiro atoms. The molecule has 0 unspecified atom stereocenters. The molecule has 3 N–H and O–H groups in total. The van der Waals surface area contributed by atoms with Crippen molar-refractivity contribution in [2.45, 2.75) is 6.54 Å². The van der Waals surface area contributed by atoms with E-state index in [4.69, 9.17) is 5.73 Å². The van der Waals surface area contributed by atoms with E-state index in [9.17, 15) is 0 Å². The molecule has 2 aromatic rings. The van der Waals surface area contributed by atoms with Crippen molar-refractivity contribution in [3.63, 3.8) is 0 Å². The van der Waals surface area contributed by atoms with Crippen LogP contribution in [0.25, 0.3) is 10.9 Å². The van der Waals surface area contributed by atoms with Crippen LogP contribution in [0.2, 0.25) is 0 Å². The van der Waals surface area contributed by atoms with E-state index >= 15 is 0 Å². The summed E-state index contributed by atoms with van der Waals surface area (Å²) in [5.74, 6) is 2.95. The van der Waals surface area contributed by atoms with Gasteiger partial charge in [0, 0.05) is 30.8 Å². The van der Waals surface area contributed by atoms with E-state index in [1.165, 1.54) is 10.9 Å². The van der Waals surface area contributed by atoms with Gasteiger partial charge in [-0.3, -0.25) is 0 Å². The zero-order valence-corrected chi connectivity index (χ0v) is 11.6. The van der Waals surface area contributed by atoms with Crippen LogP contribution in [0.1, 0.15) is 5.56 Å². The smallest absolute Gasteiger partial charge is 0.191 e. The molecule has 0 bridgehead atoms. The number of nitrogens with zero attached hydrogens (tertiary/aromatic N) is 2. The summed E-state index contributed by atoms with van der Waals surface area (Å²) in [6, 6.07) is 8.34. The van der Waals surface area contributed by atoms with Crippen LogP contribution in [0.4, 0.5) is 0 Å². The van der Waals surface area contributed by atoms with Gasteiger partial charge in [-0.25, -0.2) is 4.99 Å². The summed E-state index contributed by atoms with van der Waals surface area (Å²) < 4.78 is 0. The van der Waals surface area contributed by atoms with Crippen LogP contribution in [0.3, 0.4) is 0 Å². The van der Waals surface area contributed by atoms with E-state index in [0.29, 0.717) is 12.5 Å². The number of nitrogens with one attached hydrogen (secondary N) is 1. The number of fused-ring (bicyclic) bond motifs is 1.